The third kappa shape index (κ3) is 3.03. The third-order valence-electron chi connectivity index (χ3n) is 3.14. The highest BCUT2D eigenvalue weighted by molar-refractivity contribution is 5.79. The zero-order valence-corrected chi connectivity index (χ0v) is 9.76. The Hall–Kier alpha value is -1.42. The van der Waals surface area contributed by atoms with Crippen LogP contribution in [-0.4, -0.2) is 21.7 Å². The lowest BCUT2D eigenvalue weighted by atomic mass is 9.85. The van der Waals surface area contributed by atoms with Crippen molar-refractivity contribution in [1.29, 1.82) is 0 Å². The van der Waals surface area contributed by atoms with Crippen molar-refractivity contribution in [2.45, 2.75) is 44.3 Å². The van der Waals surface area contributed by atoms with E-state index in [2.05, 4.69) is 4.98 Å². The average Bonchev–Trinajstić information content (AvgIpc) is 2.38. The molecule has 1 N–H and O–H groups in total. The van der Waals surface area contributed by atoms with Gasteiger partial charge in [-0.25, -0.2) is 4.79 Å². The lowest BCUT2D eigenvalue weighted by Gasteiger charge is -2.29. The first-order chi connectivity index (χ1) is 8.21. The van der Waals surface area contributed by atoms with E-state index in [1.807, 2.05) is 6.07 Å². The lowest BCUT2D eigenvalue weighted by molar-refractivity contribution is -0.170. The Morgan fingerprint density at radius 3 is 2.76 bits per heavy atom. The van der Waals surface area contributed by atoms with Crippen LogP contribution >= 0.6 is 0 Å². The van der Waals surface area contributed by atoms with E-state index < -0.39 is 11.6 Å². The summed E-state index contributed by atoms with van der Waals surface area (Å²) >= 11 is 0. The Kier molecular flexibility index (Phi) is 3.74. The molecule has 0 atom stereocenters. The Morgan fingerprint density at radius 2 is 2.12 bits per heavy atom. The van der Waals surface area contributed by atoms with Crippen LogP contribution in [-0.2, 0) is 16.1 Å². The van der Waals surface area contributed by atoms with E-state index in [1.165, 1.54) is 0 Å². The minimum atomic E-state index is -1.27. The summed E-state index contributed by atoms with van der Waals surface area (Å²) in [6.07, 6.45) is 5.51. The molecule has 0 unspecified atom stereocenters. The minimum Gasteiger partial charge on any atom is -0.457 e. The van der Waals surface area contributed by atoms with E-state index in [-0.39, 0.29) is 6.61 Å². The predicted octanol–water partition coefficient (Wildman–Crippen LogP) is 1.82. The van der Waals surface area contributed by atoms with Crippen molar-refractivity contribution in [2.75, 3.05) is 0 Å². The second-order valence-corrected chi connectivity index (χ2v) is 4.49. The van der Waals surface area contributed by atoms with E-state index in [9.17, 15) is 9.90 Å². The second-order valence-electron chi connectivity index (χ2n) is 4.49. The zero-order chi connectivity index (χ0) is 12.1. The van der Waals surface area contributed by atoms with Crippen LogP contribution in [0.15, 0.2) is 24.4 Å². The first-order valence-corrected chi connectivity index (χ1v) is 6.00. The molecule has 1 heterocycles. The van der Waals surface area contributed by atoms with Crippen LogP contribution in [0.3, 0.4) is 0 Å². The number of carbonyl (C=O) groups excluding carboxylic acids is 1. The summed E-state index contributed by atoms with van der Waals surface area (Å²) in [6.45, 7) is 0.127. The van der Waals surface area contributed by atoms with Crippen LogP contribution < -0.4 is 0 Å². The number of pyridine rings is 1. The minimum absolute atomic E-state index is 0.127. The molecule has 0 amide bonds. The molecule has 0 aliphatic heterocycles. The van der Waals surface area contributed by atoms with Crippen LogP contribution in [0.5, 0.6) is 0 Å². The van der Waals surface area contributed by atoms with Crippen molar-refractivity contribution in [3.8, 4) is 0 Å². The standard InChI is InChI=1S/C13H17NO3/c15-12(13(16)7-3-1-4-8-13)17-10-11-6-2-5-9-14-11/h2,5-6,9,16H,1,3-4,7-8,10H2. The monoisotopic (exact) mass is 235 g/mol. The highest BCUT2D eigenvalue weighted by atomic mass is 16.5. The maximum atomic E-state index is 11.8. The van der Waals surface area contributed by atoms with E-state index in [0.29, 0.717) is 18.5 Å². The van der Waals surface area contributed by atoms with Crippen LogP contribution in [0.25, 0.3) is 0 Å². The summed E-state index contributed by atoms with van der Waals surface area (Å²) < 4.78 is 5.12. The fourth-order valence-electron chi connectivity index (χ4n) is 2.10. The molecular formula is C13H17NO3. The Balaban J connectivity index is 1.88. The van der Waals surface area contributed by atoms with Crippen LogP contribution in [0.1, 0.15) is 37.8 Å². The maximum absolute atomic E-state index is 11.8. The number of esters is 1. The number of nitrogens with zero attached hydrogens (tertiary/aromatic N) is 1. The second kappa shape index (κ2) is 5.27. The third-order valence-corrected chi connectivity index (χ3v) is 3.14. The normalized spacial score (nSPS) is 18.6. The molecule has 1 aliphatic carbocycles. The number of ether oxygens (including phenoxy) is 1. The van der Waals surface area contributed by atoms with Crippen molar-refractivity contribution in [2.24, 2.45) is 0 Å². The molecule has 1 aliphatic rings. The maximum Gasteiger partial charge on any atom is 0.338 e. The van der Waals surface area contributed by atoms with Gasteiger partial charge in [0.05, 0.1) is 5.69 Å². The van der Waals surface area contributed by atoms with Crippen molar-refractivity contribution in [3.05, 3.63) is 30.1 Å². The SMILES string of the molecule is O=C(OCc1ccccn1)C1(O)CCCCC1. The molecule has 2 rings (SSSR count). The number of rotatable bonds is 3. The van der Waals surface area contributed by atoms with Gasteiger partial charge in [-0.3, -0.25) is 4.98 Å². The largest absolute Gasteiger partial charge is 0.457 e. The lowest BCUT2D eigenvalue weighted by Crippen LogP contribution is -2.41. The molecule has 0 aromatic carbocycles. The van der Waals surface area contributed by atoms with Gasteiger partial charge in [-0.2, -0.15) is 0 Å². The average molecular weight is 235 g/mol. The first kappa shape index (κ1) is 12.0. The number of carbonyl (C=O) groups is 1. The molecule has 1 fully saturated rings. The van der Waals surface area contributed by atoms with E-state index >= 15 is 0 Å². The van der Waals surface area contributed by atoms with Gasteiger partial charge in [-0.05, 0) is 37.8 Å². The van der Waals surface area contributed by atoms with Gasteiger partial charge in [0.15, 0.2) is 5.60 Å². The van der Waals surface area contributed by atoms with Crippen molar-refractivity contribution < 1.29 is 14.6 Å². The predicted molar refractivity (Wildman–Crippen MR) is 62.1 cm³/mol. The highest BCUT2D eigenvalue weighted by Crippen LogP contribution is 2.29. The quantitative estimate of drug-likeness (QED) is 0.812. The van der Waals surface area contributed by atoms with Gasteiger partial charge < -0.3 is 9.84 Å². The molecule has 4 nitrogen and oxygen atoms in total. The van der Waals surface area contributed by atoms with Gasteiger partial charge in [0, 0.05) is 6.20 Å². The van der Waals surface area contributed by atoms with Gasteiger partial charge in [-0.15, -0.1) is 0 Å². The fourth-order valence-corrected chi connectivity index (χ4v) is 2.10. The summed E-state index contributed by atoms with van der Waals surface area (Å²) in [5.41, 5.74) is -0.576. The van der Waals surface area contributed by atoms with Gasteiger partial charge >= 0.3 is 5.97 Å². The van der Waals surface area contributed by atoms with Gasteiger partial charge in [-0.1, -0.05) is 12.5 Å². The highest BCUT2D eigenvalue weighted by Gasteiger charge is 2.38. The zero-order valence-electron chi connectivity index (χ0n) is 9.76. The van der Waals surface area contributed by atoms with Gasteiger partial charge in [0.1, 0.15) is 6.61 Å². The molecule has 0 bridgehead atoms. The van der Waals surface area contributed by atoms with Gasteiger partial charge in [0.2, 0.25) is 0 Å². The molecule has 1 saturated carbocycles. The molecule has 4 heteroatoms. The van der Waals surface area contributed by atoms with Crippen molar-refractivity contribution in [1.82, 2.24) is 4.98 Å². The molecule has 1 aromatic heterocycles. The first-order valence-electron chi connectivity index (χ1n) is 6.00. The molecule has 92 valence electrons. The van der Waals surface area contributed by atoms with E-state index in [0.717, 1.165) is 19.3 Å². The summed E-state index contributed by atoms with van der Waals surface area (Å²) in [5.74, 6) is -0.511. The fraction of sp³-hybridized carbons (Fsp3) is 0.538. The van der Waals surface area contributed by atoms with Gasteiger partial charge in [0.25, 0.3) is 0 Å². The number of aromatic nitrogens is 1. The summed E-state index contributed by atoms with van der Waals surface area (Å²) in [5, 5.41) is 10.1. The molecule has 0 saturated heterocycles. The Bertz CT molecular complexity index is 372. The number of aliphatic hydroxyl groups is 1. The van der Waals surface area contributed by atoms with Crippen molar-refractivity contribution >= 4 is 5.97 Å². The van der Waals surface area contributed by atoms with Crippen molar-refractivity contribution in [3.63, 3.8) is 0 Å². The van der Waals surface area contributed by atoms with E-state index in [4.69, 9.17) is 4.74 Å². The summed E-state index contributed by atoms with van der Waals surface area (Å²) in [7, 11) is 0. The summed E-state index contributed by atoms with van der Waals surface area (Å²) in [6, 6.07) is 5.43. The van der Waals surface area contributed by atoms with Crippen LogP contribution in [0, 0.1) is 0 Å². The number of hydrogen-bond acceptors (Lipinski definition) is 4. The van der Waals surface area contributed by atoms with E-state index in [1.54, 1.807) is 18.3 Å². The number of hydrogen-bond donors (Lipinski definition) is 1. The Morgan fingerprint density at radius 1 is 1.35 bits per heavy atom. The van der Waals surface area contributed by atoms with Crippen LogP contribution in [0.4, 0.5) is 0 Å². The van der Waals surface area contributed by atoms with Crippen LogP contribution in [0.2, 0.25) is 0 Å². The molecule has 0 radical (unpaired) electrons. The topological polar surface area (TPSA) is 59.4 Å². The molecule has 17 heavy (non-hydrogen) atoms. The summed E-state index contributed by atoms with van der Waals surface area (Å²) in [4.78, 5) is 15.9. The molecule has 1 aromatic rings. The molecular weight excluding hydrogens is 218 g/mol. The molecule has 0 spiro atoms. The Labute approximate surface area is 101 Å². The smallest absolute Gasteiger partial charge is 0.338 e.